The van der Waals surface area contributed by atoms with Crippen LogP contribution in [-0.4, -0.2) is 31.5 Å². The summed E-state index contributed by atoms with van der Waals surface area (Å²) >= 11 is 0. The molecule has 3 N–H and O–H groups in total. The van der Waals surface area contributed by atoms with Crippen molar-refractivity contribution in [3.8, 4) is 0 Å². The number of rotatable bonds is 7. The van der Waals surface area contributed by atoms with Gasteiger partial charge in [-0.2, -0.15) is 0 Å². The number of hydrogen-bond donors (Lipinski definition) is 3. The van der Waals surface area contributed by atoms with Gasteiger partial charge in [-0.3, -0.25) is 4.79 Å². The number of benzene rings is 1. The summed E-state index contributed by atoms with van der Waals surface area (Å²) in [7, 11) is 0. The second-order valence-corrected chi connectivity index (χ2v) is 4.68. The second kappa shape index (κ2) is 12.3. The van der Waals surface area contributed by atoms with E-state index < -0.39 is 0 Å². The molecule has 0 fully saturated rings. The number of nitrogens with one attached hydrogen (secondary N) is 3. The number of nitrogens with zero attached hydrogens (tertiary/aromatic N) is 1. The molecule has 0 aliphatic carbocycles. The highest BCUT2D eigenvalue weighted by Gasteiger charge is 2.03. The quantitative estimate of drug-likeness (QED) is 0.362. The van der Waals surface area contributed by atoms with Crippen molar-refractivity contribution in [3.63, 3.8) is 0 Å². The zero-order chi connectivity index (χ0) is 15.5. The SMILES string of the molecule is CCCNC(=NCc1ccc(C(=O)NCC)cc1)NCC.I. The van der Waals surface area contributed by atoms with E-state index in [2.05, 4.69) is 27.9 Å². The van der Waals surface area contributed by atoms with E-state index in [0.29, 0.717) is 18.7 Å². The largest absolute Gasteiger partial charge is 0.357 e. The minimum Gasteiger partial charge on any atom is -0.357 e. The molecule has 0 spiro atoms. The van der Waals surface area contributed by atoms with Crippen LogP contribution in [-0.2, 0) is 6.54 Å². The number of carbonyl (C=O) groups excluding carboxylic acids is 1. The topological polar surface area (TPSA) is 65.5 Å². The molecule has 0 bridgehead atoms. The third kappa shape index (κ3) is 7.63. The highest BCUT2D eigenvalue weighted by molar-refractivity contribution is 14.0. The van der Waals surface area contributed by atoms with Crippen LogP contribution >= 0.6 is 24.0 Å². The summed E-state index contributed by atoms with van der Waals surface area (Å²) in [4.78, 5) is 16.2. The van der Waals surface area contributed by atoms with Crippen LogP contribution in [0.15, 0.2) is 29.3 Å². The number of hydrogen-bond acceptors (Lipinski definition) is 2. The van der Waals surface area contributed by atoms with Crippen molar-refractivity contribution < 1.29 is 4.79 Å². The normalized spacial score (nSPS) is 10.6. The summed E-state index contributed by atoms with van der Waals surface area (Å²) in [6, 6.07) is 7.55. The Morgan fingerprint density at radius 2 is 1.64 bits per heavy atom. The molecule has 0 aromatic heterocycles. The lowest BCUT2D eigenvalue weighted by Crippen LogP contribution is -2.37. The minimum atomic E-state index is -0.0366. The molecule has 0 saturated heterocycles. The first-order valence-corrected chi connectivity index (χ1v) is 7.60. The van der Waals surface area contributed by atoms with Crippen molar-refractivity contribution in [1.29, 1.82) is 0 Å². The summed E-state index contributed by atoms with van der Waals surface area (Å²) in [5.74, 6) is 0.789. The van der Waals surface area contributed by atoms with E-state index in [1.54, 1.807) is 0 Å². The van der Waals surface area contributed by atoms with Gasteiger partial charge in [0.15, 0.2) is 5.96 Å². The molecule has 0 aliphatic heterocycles. The molecule has 124 valence electrons. The Labute approximate surface area is 150 Å². The van der Waals surface area contributed by atoms with Gasteiger partial charge in [0.2, 0.25) is 0 Å². The molecule has 0 saturated carbocycles. The van der Waals surface area contributed by atoms with Crippen LogP contribution in [0.1, 0.15) is 43.1 Å². The molecule has 22 heavy (non-hydrogen) atoms. The number of guanidine groups is 1. The van der Waals surface area contributed by atoms with Gasteiger partial charge in [-0.15, -0.1) is 24.0 Å². The first-order valence-electron chi connectivity index (χ1n) is 7.60. The van der Waals surface area contributed by atoms with Crippen LogP contribution < -0.4 is 16.0 Å². The smallest absolute Gasteiger partial charge is 0.251 e. The van der Waals surface area contributed by atoms with Crippen molar-refractivity contribution in [2.45, 2.75) is 33.7 Å². The molecule has 6 heteroatoms. The van der Waals surface area contributed by atoms with Gasteiger partial charge in [0.25, 0.3) is 5.91 Å². The first kappa shape index (κ1) is 20.7. The van der Waals surface area contributed by atoms with Crippen LogP contribution in [0.2, 0.25) is 0 Å². The lowest BCUT2D eigenvalue weighted by molar-refractivity contribution is 0.0956. The molecule has 1 aromatic rings. The van der Waals surface area contributed by atoms with E-state index in [1.807, 2.05) is 38.1 Å². The van der Waals surface area contributed by atoms with Crippen LogP contribution in [0, 0.1) is 0 Å². The Kier molecular flexibility index (Phi) is 11.5. The van der Waals surface area contributed by atoms with Gasteiger partial charge in [-0.05, 0) is 38.0 Å². The fourth-order valence-electron chi connectivity index (χ4n) is 1.78. The Bertz CT molecular complexity index is 460. The third-order valence-electron chi connectivity index (χ3n) is 2.86. The highest BCUT2D eigenvalue weighted by Crippen LogP contribution is 2.05. The molecular weight excluding hydrogens is 391 g/mol. The van der Waals surface area contributed by atoms with E-state index in [-0.39, 0.29) is 29.9 Å². The Balaban J connectivity index is 0.00000441. The molecule has 0 heterocycles. The lowest BCUT2D eigenvalue weighted by Gasteiger charge is -2.10. The number of amides is 1. The third-order valence-corrected chi connectivity index (χ3v) is 2.86. The molecule has 0 atom stereocenters. The first-order chi connectivity index (χ1) is 10.2. The number of aliphatic imine (C=N–C) groups is 1. The lowest BCUT2D eigenvalue weighted by atomic mass is 10.1. The molecule has 0 unspecified atom stereocenters. The zero-order valence-electron chi connectivity index (χ0n) is 13.6. The Hall–Kier alpha value is -1.31. The Morgan fingerprint density at radius 1 is 1.00 bits per heavy atom. The van der Waals surface area contributed by atoms with Crippen molar-refractivity contribution in [1.82, 2.24) is 16.0 Å². The van der Waals surface area contributed by atoms with Gasteiger partial charge < -0.3 is 16.0 Å². The average molecular weight is 418 g/mol. The van der Waals surface area contributed by atoms with Crippen molar-refractivity contribution in [2.24, 2.45) is 4.99 Å². The standard InChI is InChI=1S/C16H26N4O.HI/c1-4-11-19-16(18-6-3)20-12-13-7-9-14(10-8-13)15(21)17-5-2;/h7-10H,4-6,11-12H2,1-3H3,(H,17,21)(H2,18,19,20);1H. The van der Waals surface area contributed by atoms with Gasteiger partial charge >= 0.3 is 0 Å². The molecular formula is C16H27IN4O. The predicted molar refractivity (Wildman–Crippen MR) is 103 cm³/mol. The van der Waals surface area contributed by atoms with Crippen molar-refractivity contribution >= 4 is 35.8 Å². The van der Waals surface area contributed by atoms with E-state index in [9.17, 15) is 4.79 Å². The molecule has 5 nitrogen and oxygen atoms in total. The monoisotopic (exact) mass is 418 g/mol. The summed E-state index contributed by atoms with van der Waals surface area (Å²) in [6.45, 7) is 9.05. The van der Waals surface area contributed by atoms with Gasteiger partial charge in [0, 0.05) is 25.2 Å². The maximum atomic E-state index is 11.7. The zero-order valence-corrected chi connectivity index (χ0v) is 15.9. The van der Waals surface area contributed by atoms with Crippen LogP contribution in [0.3, 0.4) is 0 Å². The average Bonchev–Trinajstić information content (AvgIpc) is 2.51. The van der Waals surface area contributed by atoms with Gasteiger partial charge in [-0.25, -0.2) is 4.99 Å². The summed E-state index contributed by atoms with van der Waals surface area (Å²) in [5, 5.41) is 9.26. The molecule has 0 aliphatic rings. The van der Waals surface area contributed by atoms with Crippen LogP contribution in [0.5, 0.6) is 0 Å². The summed E-state index contributed by atoms with van der Waals surface area (Å²) in [6.07, 6.45) is 1.06. The van der Waals surface area contributed by atoms with E-state index in [0.717, 1.165) is 31.0 Å². The van der Waals surface area contributed by atoms with Gasteiger partial charge in [0.05, 0.1) is 6.54 Å². The second-order valence-electron chi connectivity index (χ2n) is 4.68. The summed E-state index contributed by atoms with van der Waals surface area (Å²) < 4.78 is 0. The molecule has 1 rings (SSSR count). The predicted octanol–water partition coefficient (Wildman–Crippen LogP) is 2.52. The fraction of sp³-hybridized carbons (Fsp3) is 0.500. The van der Waals surface area contributed by atoms with Gasteiger partial charge in [-0.1, -0.05) is 19.1 Å². The van der Waals surface area contributed by atoms with E-state index in [4.69, 9.17) is 0 Å². The summed E-state index contributed by atoms with van der Waals surface area (Å²) in [5.41, 5.74) is 1.76. The van der Waals surface area contributed by atoms with Crippen LogP contribution in [0.4, 0.5) is 0 Å². The molecule has 1 amide bonds. The van der Waals surface area contributed by atoms with Crippen molar-refractivity contribution in [2.75, 3.05) is 19.6 Å². The van der Waals surface area contributed by atoms with Gasteiger partial charge in [0.1, 0.15) is 0 Å². The minimum absolute atomic E-state index is 0. The number of halogens is 1. The van der Waals surface area contributed by atoms with Crippen molar-refractivity contribution in [3.05, 3.63) is 35.4 Å². The Morgan fingerprint density at radius 3 is 2.18 bits per heavy atom. The van der Waals surface area contributed by atoms with E-state index in [1.165, 1.54) is 0 Å². The number of carbonyl (C=O) groups is 1. The highest BCUT2D eigenvalue weighted by atomic mass is 127. The maximum absolute atomic E-state index is 11.7. The molecule has 0 radical (unpaired) electrons. The van der Waals surface area contributed by atoms with Crippen LogP contribution in [0.25, 0.3) is 0 Å². The maximum Gasteiger partial charge on any atom is 0.251 e. The van der Waals surface area contributed by atoms with E-state index >= 15 is 0 Å². The fourth-order valence-corrected chi connectivity index (χ4v) is 1.78. The molecule has 1 aromatic carbocycles.